The number of halogens is 1. The van der Waals surface area contributed by atoms with Crippen molar-refractivity contribution in [3.8, 4) is 0 Å². The predicted molar refractivity (Wildman–Crippen MR) is 49.0 cm³/mol. The number of rotatable bonds is 3. The molecule has 11 heavy (non-hydrogen) atoms. The highest BCUT2D eigenvalue weighted by Crippen LogP contribution is 2.21. The lowest BCUT2D eigenvalue weighted by atomic mass is 10.4. The summed E-state index contributed by atoms with van der Waals surface area (Å²) in [7, 11) is 0. The van der Waals surface area contributed by atoms with Crippen LogP contribution in [0.2, 0.25) is 0 Å². The van der Waals surface area contributed by atoms with Crippen molar-refractivity contribution in [1.29, 1.82) is 0 Å². The van der Waals surface area contributed by atoms with E-state index in [-0.39, 0.29) is 5.88 Å². The van der Waals surface area contributed by atoms with Crippen molar-refractivity contribution in [1.82, 2.24) is 0 Å². The third kappa shape index (κ3) is 3.14. The Hall–Kier alpha value is -0.180. The zero-order valence-corrected chi connectivity index (χ0v) is 7.48. The largest absolute Gasteiger partial charge is 0.381 e. The normalized spacial score (nSPS) is 12.9. The minimum absolute atomic E-state index is 0.263. The molecule has 0 saturated carbocycles. The second kappa shape index (κ2) is 4.65. The fourth-order valence-electron chi connectivity index (χ4n) is 0.688. The summed E-state index contributed by atoms with van der Waals surface area (Å²) in [5.41, 5.74) is -0.501. The van der Waals surface area contributed by atoms with Gasteiger partial charge in [-0.1, -0.05) is 30.0 Å². The van der Waals surface area contributed by atoms with Gasteiger partial charge in [-0.25, -0.2) is 0 Å². The highest BCUT2D eigenvalue weighted by molar-refractivity contribution is 7.99. The average Bonchev–Trinajstić information content (AvgIpc) is 2.06. The summed E-state index contributed by atoms with van der Waals surface area (Å²) in [5.74, 6) is 0.263. The van der Waals surface area contributed by atoms with Crippen molar-refractivity contribution in [2.75, 3.05) is 5.88 Å². The molecule has 0 bridgehead atoms. The molecule has 0 aliphatic rings. The Morgan fingerprint density at radius 1 is 1.36 bits per heavy atom. The van der Waals surface area contributed by atoms with Crippen LogP contribution in [-0.2, 0) is 0 Å². The molecule has 1 N–H and O–H groups in total. The molecule has 0 radical (unpaired) electrons. The first-order valence-corrected chi connectivity index (χ1v) is 4.70. The summed E-state index contributed by atoms with van der Waals surface area (Å²) < 4.78 is 0. The summed E-state index contributed by atoms with van der Waals surface area (Å²) in [6.07, 6.45) is 0. The van der Waals surface area contributed by atoms with Crippen LogP contribution in [0.1, 0.15) is 0 Å². The van der Waals surface area contributed by atoms with Gasteiger partial charge in [-0.2, -0.15) is 0 Å². The Bertz CT molecular complexity index is 203. The maximum Gasteiger partial charge on any atom is 0.117 e. The van der Waals surface area contributed by atoms with Crippen molar-refractivity contribution in [3.63, 3.8) is 0 Å². The molecule has 0 heterocycles. The zero-order chi connectivity index (χ0) is 8.10. The number of benzene rings is 1. The Kier molecular flexibility index (Phi) is 3.77. The van der Waals surface area contributed by atoms with Gasteiger partial charge in [-0.05, 0) is 12.1 Å². The first kappa shape index (κ1) is 8.91. The van der Waals surface area contributed by atoms with Crippen molar-refractivity contribution in [2.24, 2.45) is 0 Å². The van der Waals surface area contributed by atoms with E-state index in [1.807, 2.05) is 30.3 Å². The third-order valence-corrected chi connectivity index (χ3v) is 2.61. The van der Waals surface area contributed by atoms with E-state index in [0.717, 1.165) is 4.90 Å². The Labute approximate surface area is 75.4 Å². The van der Waals surface area contributed by atoms with Crippen LogP contribution < -0.4 is 0 Å². The summed E-state index contributed by atoms with van der Waals surface area (Å²) in [5, 5.41) is 9.14. The van der Waals surface area contributed by atoms with Crippen LogP contribution in [0.25, 0.3) is 0 Å². The number of alkyl halides is 1. The van der Waals surface area contributed by atoms with E-state index in [0.29, 0.717) is 0 Å². The summed E-state index contributed by atoms with van der Waals surface area (Å²) in [4.78, 5) is 1.04. The molecule has 0 aliphatic heterocycles. The van der Waals surface area contributed by atoms with E-state index in [2.05, 4.69) is 0 Å². The number of hydrogen-bond acceptors (Lipinski definition) is 2. The van der Waals surface area contributed by atoms with E-state index in [1.165, 1.54) is 11.8 Å². The number of hydrogen-bond donors (Lipinski definition) is 1. The maximum atomic E-state index is 9.14. The summed E-state index contributed by atoms with van der Waals surface area (Å²) in [6, 6.07) is 9.70. The minimum atomic E-state index is -0.501. The topological polar surface area (TPSA) is 20.2 Å². The van der Waals surface area contributed by atoms with E-state index in [9.17, 15) is 0 Å². The van der Waals surface area contributed by atoms with E-state index >= 15 is 0 Å². The van der Waals surface area contributed by atoms with Crippen LogP contribution in [0, 0.1) is 0 Å². The lowest BCUT2D eigenvalue weighted by molar-refractivity contribution is 0.287. The average molecular weight is 189 g/mol. The van der Waals surface area contributed by atoms with Crippen molar-refractivity contribution >= 4 is 23.4 Å². The monoisotopic (exact) mass is 188 g/mol. The first-order valence-electron chi connectivity index (χ1n) is 3.28. The molecule has 0 spiro atoms. The maximum absolute atomic E-state index is 9.14. The fourth-order valence-corrected chi connectivity index (χ4v) is 1.57. The van der Waals surface area contributed by atoms with Gasteiger partial charge in [0.2, 0.25) is 0 Å². The van der Waals surface area contributed by atoms with Crippen molar-refractivity contribution in [3.05, 3.63) is 30.3 Å². The van der Waals surface area contributed by atoms with E-state index in [4.69, 9.17) is 16.7 Å². The van der Waals surface area contributed by atoms with Gasteiger partial charge < -0.3 is 5.11 Å². The van der Waals surface area contributed by atoms with Gasteiger partial charge in [0.05, 0.1) is 5.88 Å². The lowest BCUT2D eigenvalue weighted by Gasteiger charge is -2.04. The van der Waals surface area contributed by atoms with Crippen molar-refractivity contribution in [2.45, 2.75) is 10.3 Å². The Balaban J connectivity index is 2.51. The van der Waals surface area contributed by atoms with Crippen LogP contribution in [-0.4, -0.2) is 16.4 Å². The highest BCUT2D eigenvalue weighted by atomic mass is 35.5. The molecule has 60 valence electrons. The number of thioether (sulfide) groups is 1. The SMILES string of the molecule is OC(CCl)Sc1ccccc1. The smallest absolute Gasteiger partial charge is 0.117 e. The van der Waals surface area contributed by atoms with Gasteiger partial charge in [-0.3, -0.25) is 0 Å². The van der Waals surface area contributed by atoms with Crippen LogP contribution >= 0.6 is 23.4 Å². The molecule has 1 aromatic carbocycles. The predicted octanol–water partition coefficient (Wildman–Crippen LogP) is 2.34. The molecular weight excluding hydrogens is 180 g/mol. The molecule has 0 amide bonds. The fraction of sp³-hybridized carbons (Fsp3) is 0.250. The molecule has 1 rings (SSSR count). The molecule has 0 aromatic heterocycles. The van der Waals surface area contributed by atoms with Crippen LogP contribution in [0.4, 0.5) is 0 Å². The molecule has 0 fully saturated rings. The molecule has 3 heteroatoms. The molecule has 1 aromatic rings. The van der Waals surface area contributed by atoms with E-state index in [1.54, 1.807) is 0 Å². The minimum Gasteiger partial charge on any atom is -0.381 e. The van der Waals surface area contributed by atoms with Gasteiger partial charge in [-0.15, -0.1) is 11.6 Å². The molecule has 1 unspecified atom stereocenters. The van der Waals surface area contributed by atoms with Gasteiger partial charge in [0, 0.05) is 4.90 Å². The second-order valence-corrected chi connectivity index (χ2v) is 3.60. The van der Waals surface area contributed by atoms with Crippen LogP contribution in [0.15, 0.2) is 35.2 Å². The van der Waals surface area contributed by atoms with Crippen molar-refractivity contribution < 1.29 is 5.11 Å². The molecule has 0 saturated heterocycles. The lowest BCUT2D eigenvalue weighted by Crippen LogP contribution is -2.00. The third-order valence-electron chi connectivity index (χ3n) is 1.15. The molecule has 0 aliphatic carbocycles. The first-order chi connectivity index (χ1) is 5.33. The van der Waals surface area contributed by atoms with Crippen LogP contribution in [0.5, 0.6) is 0 Å². The second-order valence-electron chi connectivity index (χ2n) is 2.04. The Morgan fingerprint density at radius 2 is 2.00 bits per heavy atom. The number of aliphatic hydroxyl groups excluding tert-OH is 1. The molecular formula is C8H9ClOS. The highest BCUT2D eigenvalue weighted by Gasteiger charge is 2.02. The van der Waals surface area contributed by atoms with Crippen LogP contribution in [0.3, 0.4) is 0 Å². The zero-order valence-electron chi connectivity index (χ0n) is 5.90. The van der Waals surface area contributed by atoms with Gasteiger partial charge in [0.1, 0.15) is 5.44 Å². The number of aliphatic hydroxyl groups is 1. The molecule has 1 atom stereocenters. The van der Waals surface area contributed by atoms with Gasteiger partial charge in [0.15, 0.2) is 0 Å². The standard InChI is InChI=1S/C8H9ClOS/c9-6-8(10)11-7-4-2-1-3-5-7/h1-5,8,10H,6H2. The summed E-state index contributed by atoms with van der Waals surface area (Å²) in [6.45, 7) is 0. The Morgan fingerprint density at radius 3 is 2.55 bits per heavy atom. The summed E-state index contributed by atoms with van der Waals surface area (Å²) >= 11 is 6.80. The quantitative estimate of drug-likeness (QED) is 0.447. The molecule has 1 nitrogen and oxygen atoms in total. The van der Waals surface area contributed by atoms with E-state index < -0.39 is 5.44 Å². The van der Waals surface area contributed by atoms with Gasteiger partial charge >= 0.3 is 0 Å². The van der Waals surface area contributed by atoms with Gasteiger partial charge in [0.25, 0.3) is 0 Å².